The van der Waals surface area contributed by atoms with Crippen LogP contribution in [0.2, 0.25) is 0 Å². The topological polar surface area (TPSA) is 55.4 Å². The first kappa shape index (κ1) is 14.6. The van der Waals surface area contributed by atoms with Crippen LogP contribution >= 0.6 is 0 Å². The Balaban J connectivity index is 0.000000704. The van der Waals surface area contributed by atoms with Gasteiger partial charge in [0, 0.05) is 12.0 Å². The molecule has 0 aliphatic carbocycles. The number of carbonyl (C=O) groups excluding carboxylic acids is 2. The summed E-state index contributed by atoms with van der Waals surface area (Å²) in [6.45, 7) is 8.38. The molecule has 2 aliphatic heterocycles. The Kier molecular flexibility index (Phi) is 3.84. The number of imide groups is 1. The average Bonchev–Trinajstić information content (AvgIpc) is 2.77. The van der Waals surface area contributed by atoms with E-state index in [-0.39, 0.29) is 11.8 Å². The average molecular weight is 275 g/mol. The maximum absolute atomic E-state index is 12.2. The molecule has 4 heteroatoms. The number of benzene rings is 1. The molecular weight excluding hydrogens is 254 g/mol. The molecule has 1 saturated heterocycles. The minimum absolute atomic E-state index is 0.192. The Bertz CT molecular complexity index is 565. The normalized spacial score (nSPS) is 23.6. The molecule has 2 aliphatic rings. The van der Waals surface area contributed by atoms with E-state index in [2.05, 4.69) is 5.32 Å². The molecule has 1 unspecified atom stereocenters. The number of hydrogen-bond donors (Lipinski definition) is 1. The summed E-state index contributed by atoms with van der Waals surface area (Å²) in [7, 11) is 0. The van der Waals surface area contributed by atoms with E-state index in [9.17, 15) is 9.59 Å². The zero-order valence-corrected chi connectivity index (χ0v) is 12.5. The number of nitrogens with one attached hydrogen (secondary N) is 1. The lowest BCUT2D eigenvalue weighted by Crippen LogP contribution is -2.52. The third-order valence-electron chi connectivity index (χ3n) is 4.05. The van der Waals surface area contributed by atoms with E-state index in [4.69, 9.17) is 4.74 Å². The molecule has 108 valence electrons. The van der Waals surface area contributed by atoms with E-state index < -0.39 is 5.41 Å². The van der Waals surface area contributed by atoms with E-state index in [0.717, 1.165) is 22.4 Å². The van der Waals surface area contributed by atoms with Crippen molar-refractivity contribution in [1.29, 1.82) is 0 Å². The van der Waals surface area contributed by atoms with Gasteiger partial charge in [-0.1, -0.05) is 19.9 Å². The van der Waals surface area contributed by atoms with Crippen molar-refractivity contribution in [2.24, 2.45) is 0 Å². The van der Waals surface area contributed by atoms with Gasteiger partial charge in [0.1, 0.15) is 17.8 Å². The molecule has 0 radical (unpaired) electrons. The fourth-order valence-electron chi connectivity index (χ4n) is 2.71. The fourth-order valence-corrected chi connectivity index (χ4v) is 2.71. The van der Waals surface area contributed by atoms with Crippen molar-refractivity contribution in [2.75, 3.05) is 6.61 Å². The smallest absolute Gasteiger partial charge is 0.240 e. The number of amides is 2. The summed E-state index contributed by atoms with van der Waals surface area (Å²) >= 11 is 0. The van der Waals surface area contributed by atoms with Gasteiger partial charge in [-0.25, -0.2) is 0 Å². The van der Waals surface area contributed by atoms with Crippen LogP contribution in [0.5, 0.6) is 5.75 Å². The first-order valence-corrected chi connectivity index (χ1v) is 7.12. The highest BCUT2D eigenvalue weighted by Crippen LogP contribution is 2.44. The van der Waals surface area contributed by atoms with E-state index in [1.807, 2.05) is 39.8 Å². The van der Waals surface area contributed by atoms with Crippen molar-refractivity contribution in [3.05, 3.63) is 28.8 Å². The van der Waals surface area contributed by atoms with Crippen LogP contribution in [0.3, 0.4) is 0 Å². The van der Waals surface area contributed by atoms with Crippen molar-refractivity contribution in [3.63, 3.8) is 0 Å². The highest BCUT2D eigenvalue weighted by Gasteiger charge is 2.50. The van der Waals surface area contributed by atoms with E-state index in [1.54, 1.807) is 0 Å². The first-order valence-electron chi connectivity index (χ1n) is 7.12. The maximum atomic E-state index is 12.2. The molecule has 2 amide bonds. The van der Waals surface area contributed by atoms with Crippen LogP contribution in [-0.2, 0) is 15.0 Å². The number of hydrogen-bond acceptors (Lipinski definition) is 3. The highest BCUT2D eigenvalue weighted by molar-refractivity contribution is 6.04. The van der Waals surface area contributed by atoms with Crippen LogP contribution in [0.25, 0.3) is 0 Å². The maximum Gasteiger partial charge on any atom is 0.240 e. The summed E-state index contributed by atoms with van der Waals surface area (Å²) in [5.41, 5.74) is 2.55. The number of rotatable bonds is 0. The zero-order chi connectivity index (χ0) is 14.9. The summed E-state index contributed by atoms with van der Waals surface area (Å²) in [4.78, 5) is 23.4. The summed E-state index contributed by atoms with van der Waals surface area (Å²) < 4.78 is 5.66. The molecule has 0 bridgehead atoms. The molecule has 1 aromatic carbocycles. The molecule has 1 N–H and O–H groups in total. The van der Waals surface area contributed by atoms with Crippen molar-refractivity contribution < 1.29 is 14.3 Å². The minimum Gasteiger partial charge on any atom is -0.492 e. The van der Waals surface area contributed by atoms with Crippen LogP contribution in [0.15, 0.2) is 12.1 Å². The molecule has 1 fully saturated rings. The lowest BCUT2D eigenvalue weighted by Gasteiger charge is -2.30. The third kappa shape index (κ3) is 2.09. The Morgan fingerprint density at radius 2 is 1.80 bits per heavy atom. The quantitative estimate of drug-likeness (QED) is 0.740. The Morgan fingerprint density at radius 1 is 1.15 bits per heavy atom. The molecule has 0 saturated carbocycles. The van der Waals surface area contributed by atoms with Crippen molar-refractivity contribution >= 4 is 11.8 Å². The Hall–Kier alpha value is -1.84. The first-order chi connectivity index (χ1) is 9.53. The summed E-state index contributed by atoms with van der Waals surface area (Å²) in [6.07, 6.45) is 0.911. The van der Waals surface area contributed by atoms with Crippen LogP contribution in [0.1, 0.15) is 43.4 Å². The molecule has 0 aromatic heterocycles. The van der Waals surface area contributed by atoms with Crippen LogP contribution in [0.4, 0.5) is 0 Å². The number of piperidine rings is 1. The van der Waals surface area contributed by atoms with Gasteiger partial charge in [-0.2, -0.15) is 0 Å². The summed E-state index contributed by atoms with van der Waals surface area (Å²) in [5, 5.41) is 2.43. The SMILES string of the molecule is CC.Cc1cc2c(cc1C)C1(CCC(=O)NC1=O)CO2. The second-order valence-corrected chi connectivity index (χ2v) is 5.18. The number of ether oxygens (including phenoxy) is 1. The second-order valence-electron chi connectivity index (χ2n) is 5.18. The number of fused-ring (bicyclic) bond motifs is 2. The fraction of sp³-hybridized carbons (Fsp3) is 0.500. The largest absolute Gasteiger partial charge is 0.492 e. The van der Waals surface area contributed by atoms with Crippen molar-refractivity contribution in [1.82, 2.24) is 5.32 Å². The monoisotopic (exact) mass is 275 g/mol. The van der Waals surface area contributed by atoms with Gasteiger partial charge in [-0.05, 0) is 37.5 Å². The van der Waals surface area contributed by atoms with Crippen LogP contribution in [0, 0.1) is 13.8 Å². The third-order valence-corrected chi connectivity index (χ3v) is 4.05. The van der Waals surface area contributed by atoms with E-state index in [0.29, 0.717) is 19.4 Å². The lowest BCUT2D eigenvalue weighted by atomic mass is 9.75. The highest BCUT2D eigenvalue weighted by atomic mass is 16.5. The van der Waals surface area contributed by atoms with Gasteiger partial charge in [0.25, 0.3) is 0 Å². The van der Waals surface area contributed by atoms with Gasteiger partial charge >= 0.3 is 0 Å². The molecule has 1 spiro atoms. The van der Waals surface area contributed by atoms with E-state index in [1.165, 1.54) is 0 Å². The second kappa shape index (κ2) is 5.27. The van der Waals surface area contributed by atoms with Crippen molar-refractivity contribution in [3.8, 4) is 5.75 Å². The Labute approximate surface area is 119 Å². The lowest BCUT2D eigenvalue weighted by molar-refractivity contribution is -0.138. The van der Waals surface area contributed by atoms with Crippen LogP contribution < -0.4 is 10.1 Å². The summed E-state index contributed by atoms with van der Waals surface area (Å²) in [5.74, 6) is 0.367. The van der Waals surface area contributed by atoms with Gasteiger partial charge in [-0.3, -0.25) is 14.9 Å². The van der Waals surface area contributed by atoms with Gasteiger partial charge in [0.05, 0.1) is 0 Å². The summed E-state index contributed by atoms with van der Waals surface area (Å²) in [6, 6.07) is 4.00. The predicted octanol–water partition coefficient (Wildman–Crippen LogP) is 2.40. The molecule has 1 atom stereocenters. The minimum atomic E-state index is -0.665. The molecule has 1 aromatic rings. The Morgan fingerprint density at radius 3 is 2.45 bits per heavy atom. The van der Waals surface area contributed by atoms with Crippen LogP contribution in [-0.4, -0.2) is 18.4 Å². The van der Waals surface area contributed by atoms with Gasteiger partial charge in [0.15, 0.2) is 0 Å². The predicted molar refractivity (Wildman–Crippen MR) is 76.8 cm³/mol. The number of aryl methyl sites for hydroxylation is 2. The number of carbonyl (C=O) groups is 2. The molecule has 3 rings (SSSR count). The zero-order valence-electron chi connectivity index (χ0n) is 12.5. The van der Waals surface area contributed by atoms with Gasteiger partial charge < -0.3 is 4.74 Å². The van der Waals surface area contributed by atoms with Gasteiger partial charge in [-0.15, -0.1) is 0 Å². The molecular formula is C16H21NO3. The molecule has 20 heavy (non-hydrogen) atoms. The molecule has 2 heterocycles. The van der Waals surface area contributed by atoms with Gasteiger partial charge in [0.2, 0.25) is 11.8 Å². The van der Waals surface area contributed by atoms with Crippen molar-refractivity contribution in [2.45, 2.75) is 46.0 Å². The van der Waals surface area contributed by atoms with E-state index >= 15 is 0 Å². The molecule has 4 nitrogen and oxygen atoms in total. The standard InChI is InChI=1S/C14H15NO3.C2H6/c1-8-5-10-11(6-9(8)2)18-7-14(10)4-3-12(16)15-13(14)17;1-2/h5-6H,3-4,7H2,1-2H3,(H,15,16,17);1-2H3.